The van der Waals surface area contributed by atoms with E-state index < -0.39 is 10.0 Å². The SMILES string of the molecule is COc1ccc2nc(N(CCCN(C)C)C(=O)c3ccc(S(=O)(=O)N4CCCCC4)cc3)sc2c1. The van der Waals surface area contributed by atoms with Gasteiger partial charge < -0.3 is 9.64 Å². The average molecular weight is 517 g/mol. The number of nitrogens with zero attached hydrogens (tertiary/aromatic N) is 4. The molecule has 4 rings (SSSR count). The van der Waals surface area contributed by atoms with Gasteiger partial charge in [-0.25, -0.2) is 13.4 Å². The molecule has 0 saturated carbocycles. The van der Waals surface area contributed by atoms with Crippen LogP contribution >= 0.6 is 11.3 Å². The second kappa shape index (κ2) is 11.0. The van der Waals surface area contributed by atoms with Gasteiger partial charge in [0.05, 0.1) is 22.2 Å². The smallest absolute Gasteiger partial charge is 0.260 e. The molecule has 35 heavy (non-hydrogen) atoms. The second-order valence-corrected chi connectivity index (χ2v) is 11.9. The standard InChI is InChI=1S/C25H32N4O4S2/c1-27(2)14-7-17-29(25-26-22-13-10-20(33-3)18-23(22)34-25)24(30)19-8-11-21(12-9-19)35(31,32)28-15-5-4-6-16-28/h8-13,18H,4-7,14-17H2,1-3H3. The monoisotopic (exact) mass is 516 g/mol. The van der Waals surface area contributed by atoms with Crippen molar-refractivity contribution in [3.8, 4) is 5.75 Å². The highest BCUT2D eigenvalue weighted by atomic mass is 32.2. The first-order valence-corrected chi connectivity index (χ1v) is 14.1. The van der Waals surface area contributed by atoms with Crippen molar-refractivity contribution < 1.29 is 17.9 Å². The summed E-state index contributed by atoms with van der Waals surface area (Å²) in [4.78, 5) is 22.3. The molecule has 1 aromatic heterocycles. The number of carbonyl (C=O) groups is 1. The molecule has 1 aliphatic rings. The summed E-state index contributed by atoms with van der Waals surface area (Å²) >= 11 is 1.44. The molecule has 0 spiro atoms. The van der Waals surface area contributed by atoms with Gasteiger partial charge in [0.25, 0.3) is 5.91 Å². The highest BCUT2D eigenvalue weighted by Gasteiger charge is 2.27. The fraction of sp³-hybridized carbons (Fsp3) is 0.440. The van der Waals surface area contributed by atoms with E-state index in [0.717, 1.165) is 48.2 Å². The molecule has 10 heteroatoms. The van der Waals surface area contributed by atoms with Crippen LogP contribution in [0.4, 0.5) is 5.13 Å². The molecule has 0 radical (unpaired) electrons. The summed E-state index contributed by atoms with van der Waals surface area (Å²) in [5, 5.41) is 0.613. The minimum Gasteiger partial charge on any atom is -0.497 e. The van der Waals surface area contributed by atoms with Crippen molar-refractivity contribution in [1.29, 1.82) is 0 Å². The van der Waals surface area contributed by atoms with Gasteiger partial charge in [0.15, 0.2) is 5.13 Å². The number of piperidine rings is 1. The molecular formula is C25H32N4O4S2. The zero-order valence-corrected chi connectivity index (χ0v) is 22.1. The Kier molecular flexibility index (Phi) is 8.05. The van der Waals surface area contributed by atoms with Gasteiger partial charge in [0, 0.05) is 25.2 Å². The Morgan fingerprint density at radius 1 is 1.06 bits per heavy atom. The number of amides is 1. The lowest BCUT2D eigenvalue weighted by Crippen LogP contribution is -2.35. The number of benzene rings is 2. The molecule has 1 aliphatic heterocycles. The van der Waals surface area contributed by atoms with Gasteiger partial charge in [-0.3, -0.25) is 9.69 Å². The molecule has 0 bridgehead atoms. The Hall–Kier alpha value is -2.53. The van der Waals surface area contributed by atoms with Crippen molar-refractivity contribution >= 4 is 42.6 Å². The van der Waals surface area contributed by atoms with Crippen LogP contribution in [-0.4, -0.2) is 75.9 Å². The number of methoxy groups -OCH3 is 1. The zero-order valence-electron chi connectivity index (χ0n) is 20.4. The molecule has 2 heterocycles. The van der Waals surface area contributed by atoms with E-state index in [9.17, 15) is 13.2 Å². The van der Waals surface area contributed by atoms with Gasteiger partial charge in [-0.15, -0.1) is 0 Å². The number of sulfonamides is 1. The van der Waals surface area contributed by atoms with Crippen LogP contribution in [-0.2, 0) is 10.0 Å². The summed E-state index contributed by atoms with van der Waals surface area (Å²) in [6, 6.07) is 11.9. The molecule has 8 nitrogen and oxygen atoms in total. The molecule has 0 atom stereocenters. The highest BCUT2D eigenvalue weighted by Crippen LogP contribution is 2.32. The minimum absolute atomic E-state index is 0.198. The number of rotatable bonds is 9. The molecule has 3 aromatic rings. The number of thiazole rings is 1. The van der Waals surface area contributed by atoms with Crippen molar-refractivity contribution in [2.24, 2.45) is 0 Å². The maximum absolute atomic E-state index is 13.6. The molecule has 188 valence electrons. The number of ether oxygens (including phenoxy) is 1. The van der Waals surface area contributed by atoms with Crippen LogP contribution in [0.5, 0.6) is 5.75 Å². The first-order valence-electron chi connectivity index (χ1n) is 11.8. The van der Waals surface area contributed by atoms with E-state index in [1.54, 1.807) is 36.3 Å². The molecule has 2 aromatic carbocycles. The number of aromatic nitrogens is 1. The maximum Gasteiger partial charge on any atom is 0.260 e. The Balaban J connectivity index is 1.60. The third-order valence-corrected chi connectivity index (χ3v) is 9.06. The Labute approximate surface area is 211 Å². The van der Waals surface area contributed by atoms with Crippen molar-refractivity contribution in [2.45, 2.75) is 30.6 Å². The second-order valence-electron chi connectivity index (χ2n) is 8.93. The van der Waals surface area contributed by atoms with Crippen LogP contribution in [0.15, 0.2) is 47.4 Å². The number of fused-ring (bicyclic) bond motifs is 1. The normalized spacial score (nSPS) is 15.0. The number of anilines is 1. The van der Waals surface area contributed by atoms with E-state index in [0.29, 0.717) is 30.3 Å². The lowest BCUT2D eigenvalue weighted by molar-refractivity contribution is 0.0986. The van der Waals surface area contributed by atoms with Gasteiger partial charge in [0.1, 0.15) is 5.75 Å². The molecule has 1 saturated heterocycles. The maximum atomic E-state index is 13.6. The number of hydrogen-bond acceptors (Lipinski definition) is 7. The molecular weight excluding hydrogens is 484 g/mol. The Morgan fingerprint density at radius 2 is 1.77 bits per heavy atom. The van der Waals surface area contributed by atoms with E-state index in [1.165, 1.54) is 15.6 Å². The molecule has 0 unspecified atom stereocenters. The van der Waals surface area contributed by atoms with Crippen molar-refractivity contribution in [2.75, 3.05) is 52.3 Å². The topological polar surface area (TPSA) is 83.0 Å². The van der Waals surface area contributed by atoms with Crippen LogP contribution in [0, 0.1) is 0 Å². The number of carbonyl (C=O) groups excluding carboxylic acids is 1. The van der Waals surface area contributed by atoms with Crippen molar-refractivity contribution in [3.63, 3.8) is 0 Å². The third kappa shape index (κ3) is 5.83. The van der Waals surface area contributed by atoms with E-state index in [2.05, 4.69) is 4.90 Å². The summed E-state index contributed by atoms with van der Waals surface area (Å²) in [6.45, 7) is 2.42. The minimum atomic E-state index is -3.54. The van der Waals surface area contributed by atoms with E-state index >= 15 is 0 Å². The highest BCUT2D eigenvalue weighted by molar-refractivity contribution is 7.89. The van der Waals surface area contributed by atoms with E-state index in [4.69, 9.17) is 9.72 Å². The van der Waals surface area contributed by atoms with Gasteiger partial charge in [-0.2, -0.15) is 4.31 Å². The lowest BCUT2D eigenvalue weighted by Gasteiger charge is -2.26. The van der Waals surface area contributed by atoms with Crippen LogP contribution < -0.4 is 9.64 Å². The predicted molar refractivity (Wildman–Crippen MR) is 140 cm³/mol. The molecule has 1 amide bonds. The fourth-order valence-electron chi connectivity index (χ4n) is 4.14. The summed E-state index contributed by atoms with van der Waals surface area (Å²) in [5.41, 5.74) is 1.24. The number of hydrogen-bond donors (Lipinski definition) is 0. The Morgan fingerprint density at radius 3 is 2.43 bits per heavy atom. The predicted octanol–water partition coefficient (Wildman–Crippen LogP) is 4.08. The first-order chi connectivity index (χ1) is 16.8. The summed E-state index contributed by atoms with van der Waals surface area (Å²) in [7, 11) is 2.07. The van der Waals surface area contributed by atoms with Crippen LogP contribution in [0.2, 0.25) is 0 Å². The zero-order chi connectivity index (χ0) is 25.0. The van der Waals surface area contributed by atoms with Crippen LogP contribution in [0.1, 0.15) is 36.0 Å². The van der Waals surface area contributed by atoms with Crippen molar-refractivity contribution in [3.05, 3.63) is 48.0 Å². The van der Waals surface area contributed by atoms with Gasteiger partial charge in [-0.1, -0.05) is 17.8 Å². The van der Waals surface area contributed by atoms with E-state index in [-0.39, 0.29) is 10.8 Å². The molecule has 1 fully saturated rings. The molecule has 0 N–H and O–H groups in total. The van der Waals surface area contributed by atoms with Crippen LogP contribution in [0.25, 0.3) is 10.2 Å². The van der Waals surface area contributed by atoms with E-state index in [1.807, 2.05) is 32.3 Å². The quantitative estimate of drug-likeness (QED) is 0.426. The fourth-order valence-corrected chi connectivity index (χ4v) is 6.68. The first kappa shape index (κ1) is 25.6. The van der Waals surface area contributed by atoms with Crippen molar-refractivity contribution in [1.82, 2.24) is 14.2 Å². The largest absolute Gasteiger partial charge is 0.497 e. The van der Waals surface area contributed by atoms with Gasteiger partial charge >= 0.3 is 0 Å². The Bertz CT molecular complexity index is 1270. The van der Waals surface area contributed by atoms with Crippen LogP contribution in [0.3, 0.4) is 0 Å². The van der Waals surface area contributed by atoms with Gasteiger partial charge in [-0.05, 0) is 82.4 Å². The summed E-state index contributed by atoms with van der Waals surface area (Å²) < 4.78 is 33.8. The average Bonchev–Trinajstić information content (AvgIpc) is 3.29. The third-order valence-electron chi connectivity index (χ3n) is 6.10. The van der Waals surface area contributed by atoms with Gasteiger partial charge in [0.2, 0.25) is 10.0 Å². The molecule has 0 aliphatic carbocycles. The summed E-state index contributed by atoms with van der Waals surface area (Å²) in [6.07, 6.45) is 3.60. The summed E-state index contributed by atoms with van der Waals surface area (Å²) in [5.74, 6) is 0.542. The lowest BCUT2D eigenvalue weighted by atomic mass is 10.2.